The van der Waals surface area contributed by atoms with Crippen LogP contribution in [-0.2, 0) is 15.9 Å². The van der Waals surface area contributed by atoms with Gasteiger partial charge in [-0.25, -0.2) is 8.99 Å². The number of hydrogen-bond donors (Lipinski definition) is 2. The number of carbonyl (C=O) groups is 1. The first kappa shape index (κ1) is 25.8. The number of nitrogens with one attached hydrogen (secondary N) is 2. The molecule has 1 atom stereocenters. The van der Waals surface area contributed by atoms with Gasteiger partial charge >= 0.3 is 6.18 Å². The molecule has 0 radical (unpaired) electrons. The van der Waals surface area contributed by atoms with Crippen LogP contribution >= 0.6 is 0 Å². The Bertz CT molecular complexity index is 1410. The second-order valence-corrected chi connectivity index (χ2v) is 9.33. The van der Waals surface area contributed by atoms with Crippen molar-refractivity contribution in [2.24, 2.45) is 0 Å². The van der Waals surface area contributed by atoms with Crippen LogP contribution in [-0.4, -0.2) is 33.7 Å². The van der Waals surface area contributed by atoms with Crippen molar-refractivity contribution < 1.29 is 40.4 Å². The molecule has 8 nitrogen and oxygen atoms in total. The smallest absolute Gasteiger partial charge is 0.435 e. The van der Waals surface area contributed by atoms with Gasteiger partial charge in [0, 0.05) is 16.8 Å². The second-order valence-electron chi connectivity index (χ2n) is 7.17. The predicted octanol–water partition coefficient (Wildman–Crippen LogP) is 5.17. The van der Waals surface area contributed by atoms with E-state index >= 15 is 0 Å². The molecule has 0 saturated carbocycles. The van der Waals surface area contributed by atoms with Crippen LogP contribution in [0.3, 0.4) is 0 Å². The highest BCUT2D eigenvalue weighted by Crippen LogP contribution is 2.36. The Kier molecular flexibility index (Phi) is 6.96. The molecule has 1 amide bonds. The summed E-state index contributed by atoms with van der Waals surface area (Å²) in [7, 11) is -2.06. The number of carbonyl (C=O) groups excluding carboxylic acids is 1. The van der Waals surface area contributed by atoms with Gasteiger partial charge in [-0.15, -0.1) is 10.2 Å². The fraction of sp³-hybridized carbons (Fsp3) is 0.190. The molecular formula is C21H17F5N4O4S. The molecule has 0 fully saturated rings. The zero-order valence-corrected chi connectivity index (χ0v) is 19.1. The number of benzene rings is 2. The van der Waals surface area contributed by atoms with Crippen LogP contribution in [0.15, 0.2) is 41.3 Å². The number of halogens is 5. The van der Waals surface area contributed by atoms with Gasteiger partial charge in [-0.2, -0.15) is 22.0 Å². The first-order chi connectivity index (χ1) is 16.2. The number of methoxy groups -OCH3 is 1. The molecule has 0 bridgehead atoms. The van der Waals surface area contributed by atoms with E-state index in [1.54, 1.807) is 0 Å². The summed E-state index contributed by atoms with van der Waals surface area (Å²) in [6.07, 6.45) is -3.84. The largest absolute Gasteiger partial charge is 0.494 e. The second kappa shape index (κ2) is 9.44. The first-order valence-electron chi connectivity index (χ1n) is 9.53. The predicted molar refractivity (Wildman–Crippen MR) is 114 cm³/mol. The summed E-state index contributed by atoms with van der Waals surface area (Å²) in [5, 5.41) is 8.64. The first-order valence-corrected chi connectivity index (χ1v) is 11.5. The van der Waals surface area contributed by atoms with Gasteiger partial charge in [-0.3, -0.25) is 4.79 Å². The van der Waals surface area contributed by atoms with Crippen molar-refractivity contribution in [3.63, 3.8) is 0 Å². The summed E-state index contributed by atoms with van der Waals surface area (Å²) in [4.78, 5) is 13.1. The Morgan fingerprint density at radius 1 is 1.09 bits per heavy atom. The van der Waals surface area contributed by atoms with E-state index in [4.69, 9.17) is 9.52 Å². The Morgan fingerprint density at radius 2 is 1.71 bits per heavy atom. The molecule has 1 aromatic heterocycles. The zero-order chi connectivity index (χ0) is 26.1. The lowest BCUT2D eigenvalue weighted by Gasteiger charge is -2.16. The van der Waals surface area contributed by atoms with Gasteiger partial charge in [0.1, 0.15) is 5.56 Å². The fourth-order valence-corrected chi connectivity index (χ4v) is 3.66. The summed E-state index contributed by atoms with van der Waals surface area (Å²) >= 11 is 0. The van der Waals surface area contributed by atoms with E-state index in [1.807, 2.05) is 0 Å². The van der Waals surface area contributed by atoms with Gasteiger partial charge in [0.15, 0.2) is 17.2 Å². The van der Waals surface area contributed by atoms with Crippen LogP contribution in [0.4, 0.5) is 27.6 Å². The van der Waals surface area contributed by atoms with Gasteiger partial charge in [0.2, 0.25) is 11.6 Å². The maximum absolute atomic E-state index is 14.4. The van der Waals surface area contributed by atoms with Gasteiger partial charge in [0.25, 0.3) is 11.8 Å². The highest BCUT2D eigenvalue weighted by molar-refractivity contribution is 7.91. The molecule has 0 spiro atoms. The highest BCUT2D eigenvalue weighted by Gasteiger charge is 2.38. The van der Waals surface area contributed by atoms with Gasteiger partial charge < -0.3 is 14.8 Å². The molecule has 0 aliphatic rings. The van der Waals surface area contributed by atoms with Crippen LogP contribution in [0.25, 0.3) is 0 Å². The summed E-state index contributed by atoms with van der Waals surface area (Å²) in [6.45, 7) is 0.934. The van der Waals surface area contributed by atoms with Crippen LogP contribution in [0, 0.1) is 23.3 Å². The summed E-state index contributed by atoms with van der Waals surface area (Å²) < 4.78 is 98.1. The number of alkyl halides is 3. The standard InChI is InChI=1S/C21H17F5N4O4S/c1-10-15(19(31)28-11-5-4-6-12(9-11)35(3,27)32)20(30-29-18(10)21(24,25)26)34-14-8-7-13(33-2)16(22)17(14)23/h4-9,27H,1-3H3,(H,28,31). The van der Waals surface area contributed by atoms with Gasteiger partial charge in [0.05, 0.1) is 16.8 Å². The molecule has 14 heteroatoms. The number of nitrogens with zero attached hydrogens (tertiary/aromatic N) is 2. The zero-order valence-electron chi connectivity index (χ0n) is 18.3. The minimum Gasteiger partial charge on any atom is -0.494 e. The molecule has 2 aromatic carbocycles. The molecule has 3 rings (SSSR count). The maximum Gasteiger partial charge on any atom is 0.435 e. The molecule has 0 saturated heterocycles. The van der Waals surface area contributed by atoms with E-state index in [9.17, 15) is 31.0 Å². The van der Waals surface area contributed by atoms with Crippen molar-refractivity contribution in [1.82, 2.24) is 10.2 Å². The minimum atomic E-state index is -4.99. The van der Waals surface area contributed by atoms with Crippen LogP contribution in [0.1, 0.15) is 21.6 Å². The lowest BCUT2D eigenvalue weighted by atomic mass is 10.1. The van der Waals surface area contributed by atoms with E-state index in [0.717, 1.165) is 32.4 Å². The average Bonchev–Trinajstić information content (AvgIpc) is 2.76. The van der Waals surface area contributed by atoms with Crippen LogP contribution in [0.5, 0.6) is 17.4 Å². The Hall–Kier alpha value is -3.81. The molecule has 1 unspecified atom stereocenters. The van der Waals surface area contributed by atoms with Gasteiger partial charge in [-0.05, 0) is 42.8 Å². The average molecular weight is 516 g/mol. The van der Waals surface area contributed by atoms with Crippen molar-refractivity contribution in [2.45, 2.75) is 18.0 Å². The topological polar surface area (TPSA) is 114 Å². The number of anilines is 1. The van der Waals surface area contributed by atoms with E-state index < -0.39 is 67.6 Å². The molecule has 0 aliphatic carbocycles. The highest BCUT2D eigenvalue weighted by atomic mass is 32.2. The summed E-state index contributed by atoms with van der Waals surface area (Å²) in [6, 6.07) is 7.26. The maximum atomic E-state index is 14.4. The minimum absolute atomic E-state index is 0.00622. The van der Waals surface area contributed by atoms with Gasteiger partial charge in [-0.1, -0.05) is 6.07 Å². The Balaban J connectivity index is 2.10. The van der Waals surface area contributed by atoms with Crippen LogP contribution in [0.2, 0.25) is 0 Å². The molecule has 186 valence electrons. The molecule has 1 heterocycles. The monoisotopic (exact) mass is 516 g/mol. The fourth-order valence-electron chi connectivity index (χ4n) is 2.97. The number of aromatic nitrogens is 2. The summed E-state index contributed by atoms with van der Waals surface area (Å²) in [5.74, 6) is -6.18. The van der Waals surface area contributed by atoms with E-state index in [0.29, 0.717) is 0 Å². The summed E-state index contributed by atoms with van der Waals surface area (Å²) in [5.41, 5.74) is -2.93. The van der Waals surface area contributed by atoms with Crippen molar-refractivity contribution in [3.05, 3.63) is 64.9 Å². The Labute approximate surface area is 196 Å². The lowest BCUT2D eigenvalue weighted by Crippen LogP contribution is -2.21. The number of amides is 1. The van der Waals surface area contributed by atoms with Crippen molar-refractivity contribution in [3.8, 4) is 17.4 Å². The lowest BCUT2D eigenvalue weighted by molar-refractivity contribution is -0.142. The van der Waals surface area contributed by atoms with Crippen LogP contribution < -0.4 is 14.8 Å². The SMILES string of the molecule is COc1ccc(Oc2nnc(C(F)(F)F)c(C)c2C(=O)Nc2cccc(S(C)(=N)=O)c2)c(F)c1F. The number of hydrogen-bond acceptors (Lipinski definition) is 7. The van der Waals surface area contributed by atoms with Crippen molar-refractivity contribution in [1.29, 1.82) is 4.78 Å². The third kappa shape index (κ3) is 5.48. The third-order valence-corrected chi connectivity index (χ3v) is 5.81. The van der Waals surface area contributed by atoms with E-state index in [1.165, 1.54) is 24.3 Å². The number of ether oxygens (including phenoxy) is 2. The van der Waals surface area contributed by atoms with Crippen molar-refractivity contribution in [2.75, 3.05) is 18.7 Å². The molecule has 3 aromatic rings. The molecular weight excluding hydrogens is 499 g/mol. The molecule has 35 heavy (non-hydrogen) atoms. The quantitative estimate of drug-likeness (QED) is 0.437. The van der Waals surface area contributed by atoms with Crippen molar-refractivity contribution >= 4 is 21.3 Å². The van der Waals surface area contributed by atoms with E-state index in [-0.39, 0.29) is 10.6 Å². The molecule has 2 N–H and O–H groups in total. The third-order valence-electron chi connectivity index (χ3n) is 4.66. The normalized spacial score (nSPS) is 13.1. The molecule has 0 aliphatic heterocycles. The Morgan fingerprint density at radius 3 is 2.31 bits per heavy atom. The van der Waals surface area contributed by atoms with E-state index in [2.05, 4.69) is 20.3 Å². The number of rotatable bonds is 6.